The molecule has 2 heterocycles. The Morgan fingerprint density at radius 1 is 0.949 bits per heavy atom. The Hall–Kier alpha value is -4.82. The topological polar surface area (TPSA) is 143 Å². The van der Waals surface area contributed by atoms with Gasteiger partial charge >= 0.3 is 18.0 Å². The Bertz CT molecular complexity index is 2070. The summed E-state index contributed by atoms with van der Waals surface area (Å²) in [7, 11) is 3.15. The van der Waals surface area contributed by atoms with Crippen molar-refractivity contribution in [3.05, 3.63) is 75.9 Å². The molecular weight excluding hydrogens is 793 g/mol. The van der Waals surface area contributed by atoms with Crippen molar-refractivity contribution in [3.63, 3.8) is 0 Å². The number of amides is 2. The Balaban J connectivity index is 1.18. The van der Waals surface area contributed by atoms with Gasteiger partial charge in [0.1, 0.15) is 44.6 Å². The van der Waals surface area contributed by atoms with E-state index in [1.807, 2.05) is 23.1 Å². The van der Waals surface area contributed by atoms with E-state index in [1.165, 1.54) is 18.2 Å². The lowest BCUT2D eigenvalue weighted by molar-refractivity contribution is -0.146. The molecule has 1 saturated heterocycles. The summed E-state index contributed by atoms with van der Waals surface area (Å²) in [5, 5.41) is 2.66. The average Bonchev–Trinajstić information content (AvgIpc) is 3.96. The molecule has 3 aromatic rings. The standard InChI is InChI=1S/C45H54N2O10S2/c1-44(2,3)56-40(49)28-14-11-26(12-15-28)19-34(46-42(51)57-45(4,5)6)41(50)54-17-9-10-30-23-36(31-21-32(52-7)24-33(22-31)53-8)55-37(30)25-38-39(48)47(43(58)59-38)35-20-27-13-16-29(35)18-27/h11-12,14-15,21-25,27,29,34-35H,9-10,13,16-20H2,1-8H3,(H,46,51)/b38-25-/t27?,29?,34-,35?/m0/s1. The Morgan fingerprint density at radius 3 is 2.22 bits per heavy atom. The molecule has 2 bridgehead atoms. The van der Waals surface area contributed by atoms with Gasteiger partial charge in [-0.1, -0.05) is 42.5 Å². The summed E-state index contributed by atoms with van der Waals surface area (Å²) in [5.74, 6) is 2.17. The summed E-state index contributed by atoms with van der Waals surface area (Å²) in [4.78, 5) is 55.2. The molecular formula is C45H54N2O10S2. The van der Waals surface area contributed by atoms with E-state index in [-0.39, 0.29) is 25.0 Å². The predicted molar refractivity (Wildman–Crippen MR) is 229 cm³/mol. The monoisotopic (exact) mass is 846 g/mol. The molecule has 2 aromatic carbocycles. The number of nitrogens with zero attached hydrogens (tertiary/aromatic N) is 1. The fourth-order valence-electron chi connectivity index (χ4n) is 7.79. The largest absolute Gasteiger partial charge is 0.497 e. The Labute approximate surface area is 355 Å². The van der Waals surface area contributed by atoms with Crippen LogP contribution in [-0.4, -0.2) is 77.3 Å². The van der Waals surface area contributed by atoms with Crippen molar-refractivity contribution in [1.29, 1.82) is 0 Å². The first kappa shape index (κ1) is 43.8. The smallest absolute Gasteiger partial charge is 0.408 e. The van der Waals surface area contributed by atoms with Gasteiger partial charge in [-0.25, -0.2) is 14.4 Å². The van der Waals surface area contributed by atoms with Gasteiger partial charge in [-0.15, -0.1) is 0 Å². The van der Waals surface area contributed by atoms with Crippen LogP contribution in [0.25, 0.3) is 17.4 Å². The van der Waals surface area contributed by atoms with Crippen LogP contribution in [0, 0.1) is 11.8 Å². The van der Waals surface area contributed by atoms with E-state index in [0.29, 0.717) is 68.0 Å². The highest BCUT2D eigenvalue weighted by atomic mass is 32.2. The normalized spacial score (nSPS) is 20.2. The van der Waals surface area contributed by atoms with E-state index in [4.69, 9.17) is 40.3 Å². The van der Waals surface area contributed by atoms with Crippen LogP contribution < -0.4 is 14.8 Å². The second-order valence-electron chi connectivity index (χ2n) is 17.3. The Morgan fingerprint density at radius 2 is 1.63 bits per heavy atom. The number of carbonyl (C=O) groups excluding carboxylic acids is 4. The molecule has 4 atom stereocenters. The van der Waals surface area contributed by atoms with Crippen molar-refractivity contribution in [2.45, 2.75) is 110 Å². The molecule has 2 saturated carbocycles. The molecule has 59 heavy (non-hydrogen) atoms. The lowest BCUT2D eigenvalue weighted by Gasteiger charge is -2.30. The van der Waals surface area contributed by atoms with Crippen molar-refractivity contribution >= 4 is 58.3 Å². The molecule has 316 valence electrons. The van der Waals surface area contributed by atoms with Gasteiger partial charge < -0.3 is 33.4 Å². The number of thioether (sulfide) groups is 1. The third-order valence-corrected chi connectivity index (χ3v) is 11.8. The van der Waals surface area contributed by atoms with E-state index in [1.54, 1.807) is 92.2 Å². The highest BCUT2D eigenvalue weighted by Crippen LogP contribution is 2.49. The number of nitrogens with one attached hydrogen (secondary N) is 1. The van der Waals surface area contributed by atoms with Gasteiger partial charge in [0.15, 0.2) is 0 Å². The predicted octanol–water partition coefficient (Wildman–Crippen LogP) is 8.92. The van der Waals surface area contributed by atoms with Crippen LogP contribution in [-0.2, 0) is 36.6 Å². The zero-order valence-electron chi connectivity index (χ0n) is 35.0. The first-order chi connectivity index (χ1) is 27.9. The van der Waals surface area contributed by atoms with Crippen LogP contribution in [0.1, 0.15) is 101 Å². The quantitative estimate of drug-likeness (QED) is 0.0544. The van der Waals surface area contributed by atoms with Crippen molar-refractivity contribution in [2.24, 2.45) is 11.8 Å². The zero-order chi connectivity index (χ0) is 42.6. The summed E-state index contributed by atoms with van der Waals surface area (Å²) < 4.78 is 34.7. The second kappa shape index (κ2) is 18.2. The van der Waals surface area contributed by atoms with Crippen molar-refractivity contribution in [3.8, 4) is 22.8 Å². The van der Waals surface area contributed by atoms with Crippen molar-refractivity contribution < 1.29 is 47.3 Å². The SMILES string of the molecule is COc1cc(OC)cc(-c2cc(CCCOC(=O)[C@H](Cc3ccc(C(=O)OC(C)(C)C)cc3)NC(=O)OC(C)(C)C)c(/C=C3\SC(=S)N(C4CC5CCC4C5)C3=O)o2)c1. The van der Waals surface area contributed by atoms with E-state index in [0.717, 1.165) is 30.4 Å². The molecule has 3 unspecified atom stereocenters. The minimum Gasteiger partial charge on any atom is -0.497 e. The molecule has 2 amide bonds. The highest BCUT2D eigenvalue weighted by Gasteiger charge is 2.48. The minimum atomic E-state index is -1.08. The maximum atomic E-state index is 13.9. The third kappa shape index (κ3) is 11.3. The summed E-state index contributed by atoms with van der Waals surface area (Å²) in [5.41, 5.74) is 1.13. The number of rotatable bonds is 14. The molecule has 1 aliphatic heterocycles. The molecule has 3 fully saturated rings. The highest BCUT2D eigenvalue weighted by molar-refractivity contribution is 8.26. The molecule has 0 radical (unpaired) electrons. The summed E-state index contributed by atoms with van der Waals surface area (Å²) >= 11 is 7.05. The van der Waals surface area contributed by atoms with Gasteiger partial charge in [0.25, 0.3) is 5.91 Å². The molecule has 1 aromatic heterocycles. The number of hydrogen-bond acceptors (Lipinski definition) is 12. The number of esters is 2. The van der Waals surface area contributed by atoms with Crippen LogP contribution >= 0.6 is 24.0 Å². The van der Waals surface area contributed by atoms with Crippen molar-refractivity contribution in [2.75, 3.05) is 20.8 Å². The van der Waals surface area contributed by atoms with Gasteiger partial charge in [-0.05, 0) is 127 Å². The van der Waals surface area contributed by atoms with E-state index in [2.05, 4.69) is 5.32 Å². The van der Waals surface area contributed by atoms with Crippen LogP contribution in [0.2, 0.25) is 0 Å². The number of benzene rings is 2. The van der Waals surface area contributed by atoms with E-state index in [9.17, 15) is 19.2 Å². The van der Waals surface area contributed by atoms with Crippen LogP contribution in [0.4, 0.5) is 4.79 Å². The number of carbonyl (C=O) groups is 4. The summed E-state index contributed by atoms with van der Waals surface area (Å²) in [6, 6.07) is 13.1. The molecule has 0 spiro atoms. The summed E-state index contributed by atoms with van der Waals surface area (Å²) in [6.07, 6.45) is 6.44. The van der Waals surface area contributed by atoms with Crippen molar-refractivity contribution in [1.82, 2.24) is 10.2 Å². The number of alkyl carbamates (subject to hydrolysis) is 1. The number of thiocarbonyl (C=S) groups is 1. The molecule has 12 nitrogen and oxygen atoms in total. The fourth-order valence-corrected chi connectivity index (χ4v) is 9.14. The number of fused-ring (bicyclic) bond motifs is 2. The molecule has 1 N–H and O–H groups in total. The third-order valence-electron chi connectivity index (χ3n) is 10.4. The van der Waals surface area contributed by atoms with Gasteiger partial charge in [0, 0.05) is 30.2 Å². The van der Waals surface area contributed by atoms with Gasteiger partial charge in [-0.2, -0.15) is 0 Å². The van der Waals surface area contributed by atoms with E-state index >= 15 is 0 Å². The number of ether oxygens (including phenoxy) is 5. The maximum Gasteiger partial charge on any atom is 0.408 e. The molecule has 2 aliphatic carbocycles. The van der Waals surface area contributed by atoms with Crippen LogP contribution in [0.15, 0.2) is 57.9 Å². The average molecular weight is 847 g/mol. The number of hydrogen-bond donors (Lipinski definition) is 1. The second-order valence-corrected chi connectivity index (χ2v) is 18.9. The lowest BCUT2D eigenvalue weighted by atomic mass is 9.94. The summed E-state index contributed by atoms with van der Waals surface area (Å²) in [6.45, 7) is 10.6. The maximum absolute atomic E-state index is 13.9. The van der Waals surface area contributed by atoms with Gasteiger partial charge in [0.05, 0.1) is 31.3 Å². The fraction of sp³-hybridized carbons (Fsp3) is 0.489. The number of methoxy groups -OCH3 is 2. The number of aryl methyl sites for hydroxylation is 1. The molecule has 14 heteroatoms. The van der Waals surface area contributed by atoms with Gasteiger partial charge in [-0.3, -0.25) is 9.69 Å². The molecule has 3 aliphatic rings. The van der Waals surface area contributed by atoms with Crippen LogP contribution in [0.5, 0.6) is 11.5 Å². The lowest BCUT2D eigenvalue weighted by Crippen LogP contribution is -2.45. The van der Waals surface area contributed by atoms with E-state index < -0.39 is 35.3 Å². The first-order valence-corrected chi connectivity index (χ1v) is 21.2. The zero-order valence-corrected chi connectivity index (χ0v) is 36.6. The van der Waals surface area contributed by atoms with Gasteiger partial charge in [0.2, 0.25) is 0 Å². The minimum absolute atomic E-state index is 0.0300. The molecule has 6 rings (SSSR count). The number of furan rings is 1. The van der Waals surface area contributed by atoms with Crippen LogP contribution in [0.3, 0.4) is 0 Å². The first-order valence-electron chi connectivity index (χ1n) is 20.0. The Kier molecular flexibility index (Phi) is 13.5.